The number of aliphatic hydroxyl groups is 1. The van der Waals surface area contributed by atoms with Gasteiger partial charge in [0.2, 0.25) is 19.1 Å². The van der Waals surface area contributed by atoms with Gasteiger partial charge in [0.15, 0.2) is 12.4 Å². The van der Waals surface area contributed by atoms with Gasteiger partial charge in [-0.1, -0.05) is 12.1 Å². The van der Waals surface area contributed by atoms with E-state index in [1.165, 1.54) is 6.08 Å². The van der Waals surface area contributed by atoms with Gasteiger partial charge < -0.3 is 20.3 Å². The Labute approximate surface area is 231 Å². The summed E-state index contributed by atoms with van der Waals surface area (Å²) in [6.45, 7) is 5.38. The van der Waals surface area contributed by atoms with E-state index in [2.05, 4.69) is 25.6 Å². The van der Waals surface area contributed by atoms with E-state index in [9.17, 15) is 18.7 Å². The number of aliphatic hydroxyl groups excluding tert-OH is 1. The smallest absolute Gasteiger partial charge is 0.255 e. The Morgan fingerprint density at radius 3 is 2.73 bits per heavy atom. The van der Waals surface area contributed by atoms with Crippen molar-refractivity contribution in [2.45, 2.75) is 40.3 Å². The maximum Gasteiger partial charge on any atom is 0.255 e. The van der Waals surface area contributed by atoms with Gasteiger partial charge in [-0.05, 0) is 57.0 Å². The van der Waals surface area contributed by atoms with E-state index in [1.54, 1.807) is 65.4 Å². The molecule has 0 saturated carbocycles. The van der Waals surface area contributed by atoms with Gasteiger partial charge in [0.05, 0.1) is 23.3 Å². The molecule has 0 radical (unpaired) electrons. The van der Waals surface area contributed by atoms with Crippen molar-refractivity contribution in [1.29, 1.82) is 0 Å². The number of amides is 1. The minimum atomic E-state index is -2.57. The fourth-order valence-corrected chi connectivity index (χ4v) is 4.22. The number of aryl methyl sites for hydroxylation is 2. The molecule has 2 aromatic heterocycles. The first kappa shape index (κ1) is 28.5. The Morgan fingerprint density at radius 2 is 2.05 bits per heavy atom. The molecule has 3 N–H and O–H groups in total. The normalized spacial score (nSPS) is 16.1. The molecule has 0 spiro atoms. The molecule has 1 atom stereocenters. The number of allylic oxidation sites excluding steroid dienone is 3. The summed E-state index contributed by atoms with van der Waals surface area (Å²) in [4.78, 5) is 26.2. The summed E-state index contributed by atoms with van der Waals surface area (Å²) in [6.07, 6.45) is 7.50. The second kappa shape index (κ2) is 12.6. The van der Waals surface area contributed by atoms with Crippen molar-refractivity contribution in [3.8, 4) is 0 Å². The molecule has 1 aromatic carbocycles. The van der Waals surface area contributed by atoms with Crippen molar-refractivity contribution in [2.75, 3.05) is 12.4 Å². The van der Waals surface area contributed by atoms with Gasteiger partial charge in [-0.2, -0.15) is 4.57 Å². The van der Waals surface area contributed by atoms with Crippen LogP contribution in [-0.2, 0) is 6.73 Å². The van der Waals surface area contributed by atoms with Crippen molar-refractivity contribution >= 4 is 29.0 Å². The molecule has 9 nitrogen and oxygen atoms in total. The van der Waals surface area contributed by atoms with Gasteiger partial charge in [0.25, 0.3) is 5.91 Å². The number of hydrogen-bond acceptors (Lipinski definition) is 4. The number of benzene rings is 1. The first-order chi connectivity index (χ1) is 19.2. The maximum absolute atomic E-state index is 13.7. The third-order valence-electron chi connectivity index (χ3n) is 6.46. The molecule has 0 bridgehead atoms. The average molecular weight is 549 g/mol. The first-order valence-electron chi connectivity index (χ1n) is 12.7. The number of pyridine rings is 1. The number of hydrogen-bond donors (Lipinski definition) is 3. The van der Waals surface area contributed by atoms with Crippen molar-refractivity contribution in [1.82, 2.24) is 14.9 Å². The lowest BCUT2D eigenvalue weighted by molar-refractivity contribution is -0.730. The highest BCUT2D eigenvalue weighted by atomic mass is 19.3. The summed E-state index contributed by atoms with van der Waals surface area (Å²) in [5.41, 5.74) is 4.99. The summed E-state index contributed by atoms with van der Waals surface area (Å²) >= 11 is 0. The summed E-state index contributed by atoms with van der Waals surface area (Å²) in [5, 5.41) is 15.3. The minimum absolute atomic E-state index is 0.132. The molecule has 1 aliphatic rings. The van der Waals surface area contributed by atoms with E-state index >= 15 is 0 Å². The second-order valence-corrected chi connectivity index (χ2v) is 9.48. The van der Waals surface area contributed by atoms with Crippen LogP contribution in [0.4, 0.5) is 14.5 Å². The summed E-state index contributed by atoms with van der Waals surface area (Å²) in [6, 6.07) is 8.81. The topological polar surface area (TPSA) is 108 Å². The predicted octanol–water partition coefficient (Wildman–Crippen LogP) is 4.08. The zero-order chi connectivity index (χ0) is 28.8. The number of aromatic nitrogens is 3. The standard InChI is InChI=1S/C29H31F2N7O2/c1-18-7-8-21(12-26(18)36-29(32-4)34-20(3)22-6-5-9-37(15-22)17-39)28(40)35-24-10-23(27(30)31)11-25(13-24)38-14-19(2)33-16-38/h5-10,12-16,23,27,39H,11,17H2,1-4H3,(H-,32,35,36,40)/p+1. The summed E-state index contributed by atoms with van der Waals surface area (Å²) < 4.78 is 30.7. The number of nitrogens with zero attached hydrogens (tertiary/aromatic N) is 5. The average Bonchev–Trinajstić information content (AvgIpc) is 3.39. The SMILES string of the molecule is CN=C(N=C(C)c1ccc[n+](CO)c1)Nc1cc(C(=O)NC2=CC(C(F)F)CC(n3cnc(C)c3)=C2)ccc1C. The molecule has 0 saturated heterocycles. The van der Waals surface area contributed by atoms with Crippen LogP contribution in [0.5, 0.6) is 0 Å². The van der Waals surface area contributed by atoms with Crippen molar-refractivity contribution in [3.05, 3.63) is 95.5 Å². The van der Waals surface area contributed by atoms with Gasteiger partial charge in [0, 0.05) is 47.9 Å². The lowest BCUT2D eigenvalue weighted by Crippen LogP contribution is -2.33. The number of halogens is 2. The van der Waals surface area contributed by atoms with E-state index in [0.717, 1.165) is 16.8 Å². The van der Waals surface area contributed by atoms with Crippen molar-refractivity contribution in [3.63, 3.8) is 0 Å². The molecule has 2 heterocycles. The Balaban J connectivity index is 1.54. The zero-order valence-electron chi connectivity index (χ0n) is 22.8. The molecule has 0 aliphatic heterocycles. The van der Waals surface area contributed by atoms with Crippen LogP contribution >= 0.6 is 0 Å². The number of aliphatic imine (C=N–C) groups is 2. The molecule has 4 rings (SSSR count). The number of carbonyl (C=O) groups is 1. The Bertz CT molecular complexity index is 1520. The molecule has 1 amide bonds. The van der Waals surface area contributed by atoms with Crippen LogP contribution in [0.2, 0.25) is 0 Å². The fraction of sp³-hybridized carbons (Fsp3) is 0.276. The van der Waals surface area contributed by atoms with E-state index < -0.39 is 18.3 Å². The molecular weight excluding hydrogens is 516 g/mol. The van der Waals surface area contributed by atoms with Gasteiger partial charge in [-0.15, -0.1) is 0 Å². The fourth-order valence-electron chi connectivity index (χ4n) is 4.22. The molecule has 3 aromatic rings. The van der Waals surface area contributed by atoms with Crippen molar-refractivity contribution < 1.29 is 23.2 Å². The number of anilines is 1. The number of rotatable bonds is 7. The Hall–Kier alpha value is -4.51. The summed E-state index contributed by atoms with van der Waals surface area (Å²) in [5.74, 6) is -1.14. The lowest BCUT2D eigenvalue weighted by atomic mass is 9.96. The van der Waals surface area contributed by atoms with Crippen LogP contribution in [0.3, 0.4) is 0 Å². The van der Waals surface area contributed by atoms with E-state index in [4.69, 9.17) is 0 Å². The monoisotopic (exact) mass is 548 g/mol. The van der Waals surface area contributed by atoms with Crippen LogP contribution in [0.25, 0.3) is 5.70 Å². The molecule has 0 fully saturated rings. The number of guanidine groups is 1. The molecule has 11 heteroatoms. The van der Waals surface area contributed by atoms with Crippen molar-refractivity contribution in [2.24, 2.45) is 15.9 Å². The van der Waals surface area contributed by atoms with Gasteiger partial charge in [0.1, 0.15) is 0 Å². The van der Waals surface area contributed by atoms with E-state index in [-0.39, 0.29) is 13.2 Å². The zero-order valence-corrected chi connectivity index (χ0v) is 22.8. The molecule has 208 valence electrons. The third kappa shape index (κ3) is 6.92. The predicted molar refractivity (Wildman–Crippen MR) is 150 cm³/mol. The number of imidazole rings is 1. The molecule has 1 unspecified atom stereocenters. The number of carbonyl (C=O) groups excluding carboxylic acids is 1. The molecular formula is C29H32F2N7O2+. The van der Waals surface area contributed by atoms with Gasteiger partial charge in [-0.25, -0.2) is 18.8 Å². The minimum Gasteiger partial charge on any atom is -0.339 e. The highest BCUT2D eigenvalue weighted by Gasteiger charge is 2.25. The highest BCUT2D eigenvalue weighted by molar-refractivity contribution is 6.09. The number of nitrogens with one attached hydrogen (secondary N) is 2. The molecule has 40 heavy (non-hydrogen) atoms. The highest BCUT2D eigenvalue weighted by Crippen LogP contribution is 2.30. The second-order valence-electron chi connectivity index (χ2n) is 9.48. The molecule has 1 aliphatic carbocycles. The Morgan fingerprint density at radius 1 is 1.25 bits per heavy atom. The largest absolute Gasteiger partial charge is 0.339 e. The number of alkyl halides is 2. The van der Waals surface area contributed by atoms with Crippen LogP contribution in [0.1, 0.15) is 40.5 Å². The van der Waals surface area contributed by atoms with Crippen LogP contribution < -0.4 is 15.2 Å². The maximum atomic E-state index is 13.7. The first-order valence-corrected chi connectivity index (χ1v) is 12.7. The van der Waals surface area contributed by atoms with Crippen LogP contribution in [-0.4, -0.2) is 45.7 Å². The van der Waals surface area contributed by atoms with Crippen LogP contribution in [0, 0.1) is 19.8 Å². The third-order valence-corrected chi connectivity index (χ3v) is 6.46. The quantitative estimate of drug-likeness (QED) is 0.235. The van der Waals surface area contributed by atoms with E-state index in [0.29, 0.717) is 34.3 Å². The van der Waals surface area contributed by atoms with E-state index in [1.807, 2.05) is 32.9 Å². The lowest BCUT2D eigenvalue weighted by Gasteiger charge is -2.22. The summed E-state index contributed by atoms with van der Waals surface area (Å²) in [7, 11) is 1.60. The van der Waals surface area contributed by atoms with Gasteiger partial charge >= 0.3 is 0 Å². The Kier molecular flexibility index (Phi) is 8.95. The van der Waals surface area contributed by atoms with Gasteiger partial charge in [-0.3, -0.25) is 9.79 Å². The van der Waals surface area contributed by atoms with Crippen LogP contribution in [0.15, 0.2) is 83.1 Å².